The molecule has 0 fully saturated rings. The van der Waals surface area contributed by atoms with Gasteiger partial charge in [0.15, 0.2) is 5.58 Å². The minimum atomic E-state index is -0.367. The number of nitrogens with two attached hydrogens (primary N) is 1. The van der Waals surface area contributed by atoms with Crippen LogP contribution in [0.1, 0.15) is 17.2 Å². The Labute approximate surface area is 116 Å². The fourth-order valence-electron chi connectivity index (χ4n) is 2.30. The van der Waals surface area contributed by atoms with Crippen molar-refractivity contribution >= 4 is 11.1 Å². The highest BCUT2D eigenvalue weighted by molar-refractivity contribution is 5.72. The van der Waals surface area contributed by atoms with Crippen LogP contribution in [-0.2, 0) is 6.54 Å². The zero-order valence-electron chi connectivity index (χ0n) is 11.2. The maximum Gasteiger partial charge on any atom is 0.420 e. The Morgan fingerprint density at radius 2 is 1.85 bits per heavy atom. The van der Waals surface area contributed by atoms with Crippen LogP contribution < -0.4 is 11.5 Å². The highest BCUT2D eigenvalue weighted by atomic mass is 16.4. The molecular weight excluding hydrogens is 252 g/mol. The summed E-state index contributed by atoms with van der Waals surface area (Å²) in [7, 11) is 0. The SMILES string of the molecule is Cc1ccc(C(N)Cn2c(=O)oc3ccccc32)cc1. The molecule has 2 aromatic carbocycles. The molecule has 2 N–H and O–H groups in total. The summed E-state index contributed by atoms with van der Waals surface area (Å²) in [5.74, 6) is -0.367. The first kappa shape index (κ1) is 12.7. The second-order valence-electron chi connectivity index (χ2n) is 4.96. The van der Waals surface area contributed by atoms with Crippen molar-refractivity contribution in [1.82, 2.24) is 4.57 Å². The van der Waals surface area contributed by atoms with Gasteiger partial charge in [-0.3, -0.25) is 4.57 Å². The Hall–Kier alpha value is -2.33. The van der Waals surface area contributed by atoms with E-state index in [1.165, 1.54) is 5.56 Å². The van der Waals surface area contributed by atoms with Crippen LogP contribution in [0.3, 0.4) is 0 Å². The molecule has 3 rings (SSSR count). The topological polar surface area (TPSA) is 61.2 Å². The molecule has 0 aliphatic carbocycles. The second-order valence-corrected chi connectivity index (χ2v) is 4.96. The van der Waals surface area contributed by atoms with E-state index in [9.17, 15) is 4.79 Å². The van der Waals surface area contributed by atoms with Crippen molar-refractivity contribution in [3.63, 3.8) is 0 Å². The summed E-state index contributed by atoms with van der Waals surface area (Å²) in [6, 6.07) is 15.2. The van der Waals surface area contributed by atoms with E-state index in [1.54, 1.807) is 10.6 Å². The first-order chi connectivity index (χ1) is 9.65. The van der Waals surface area contributed by atoms with Gasteiger partial charge in [-0.15, -0.1) is 0 Å². The first-order valence-corrected chi connectivity index (χ1v) is 6.55. The second kappa shape index (κ2) is 4.98. The van der Waals surface area contributed by atoms with E-state index < -0.39 is 0 Å². The third-order valence-corrected chi connectivity index (χ3v) is 3.46. The van der Waals surface area contributed by atoms with E-state index in [0.717, 1.165) is 11.1 Å². The third-order valence-electron chi connectivity index (χ3n) is 3.46. The monoisotopic (exact) mass is 268 g/mol. The molecule has 0 amide bonds. The van der Waals surface area contributed by atoms with E-state index in [4.69, 9.17) is 10.2 Å². The molecule has 1 aromatic heterocycles. The third kappa shape index (κ3) is 2.26. The molecule has 0 spiro atoms. The van der Waals surface area contributed by atoms with Crippen LogP contribution in [0.4, 0.5) is 0 Å². The van der Waals surface area contributed by atoms with Gasteiger partial charge in [-0.1, -0.05) is 42.0 Å². The number of aromatic nitrogens is 1. The summed E-state index contributed by atoms with van der Waals surface area (Å²) < 4.78 is 6.79. The molecule has 0 bridgehead atoms. The van der Waals surface area contributed by atoms with E-state index >= 15 is 0 Å². The maximum atomic E-state index is 11.9. The molecule has 0 aliphatic heterocycles. The Balaban J connectivity index is 1.95. The van der Waals surface area contributed by atoms with Gasteiger partial charge in [0.1, 0.15) is 0 Å². The molecular formula is C16H16N2O2. The van der Waals surface area contributed by atoms with E-state index in [2.05, 4.69) is 0 Å². The van der Waals surface area contributed by atoms with Gasteiger partial charge in [-0.05, 0) is 24.6 Å². The molecule has 0 saturated heterocycles. The Bertz CT molecular complexity index is 784. The number of benzene rings is 2. The number of aryl methyl sites for hydroxylation is 1. The summed E-state index contributed by atoms with van der Waals surface area (Å²) >= 11 is 0. The highest BCUT2D eigenvalue weighted by Crippen LogP contribution is 2.17. The van der Waals surface area contributed by atoms with Crippen LogP contribution in [0.2, 0.25) is 0 Å². The van der Waals surface area contributed by atoms with Crippen molar-refractivity contribution in [2.24, 2.45) is 5.73 Å². The molecule has 1 unspecified atom stereocenters. The van der Waals surface area contributed by atoms with Crippen molar-refractivity contribution in [2.75, 3.05) is 0 Å². The summed E-state index contributed by atoms with van der Waals surface area (Å²) in [5.41, 5.74) is 9.76. The van der Waals surface area contributed by atoms with Gasteiger partial charge in [0.05, 0.1) is 5.52 Å². The van der Waals surface area contributed by atoms with Gasteiger partial charge < -0.3 is 10.2 Å². The van der Waals surface area contributed by atoms with E-state index in [1.807, 2.05) is 49.4 Å². The van der Waals surface area contributed by atoms with Gasteiger partial charge >= 0.3 is 5.76 Å². The number of para-hydroxylation sites is 2. The lowest BCUT2D eigenvalue weighted by Gasteiger charge is -2.12. The van der Waals surface area contributed by atoms with Crippen molar-refractivity contribution in [3.05, 3.63) is 70.2 Å². The smallest absolute Gasteiger partial charge is 0.408 e. The normalized spacial score (nSPS) is 12.7. The van der Waals surface area contributed by atoms with E-state index in [-0.39, 0.29) is 11.8 Å². The predicted octanol–water partition coefficient (Wildman–Crippen LogP) is 2.60. The van der Waals surface area contributed by atoms with Crippen LogP contribution in [0, 0.1) is 6.92 Å². The Morgan fingerprint density at radius 1 is 1.15 bits per heavy atom. The lowest BCUT2D eigenvalue weighted by Crippen LogP contribution is -2.23. The Kier molecular flexibility index (Phi) is 3.16. The quantitative estimate of drug-likeness (QED) is 0.794. The van der Waals surface area contributed by atoms with Crippen LogP contribution in [0.25, 0.3) is 11.1 Å². The van der Waals surface area contributed by atoms with Gasteiger partial charge in [0.2, 0.25) is 0 Å². The molecule has 0 aliphatic rings. The molecule has 0 saturated carbocycles. The molecule has 1 heterocycles. The number of nitrogens with zero attached hydrogens (tertiary/aromatic N) is 1. The van der Waals surface area contributed by atoms with Gasteiger partial charge in [0, 0.05) is 12.6 Å². The lowest BCUT2D eigenvalue weighted by molar-refractivity contribution is 0.480. The number of hydrogen-bond donors (Lipinski definition) is 1. The zero-order valence-corrected chi connectivity index (χ0v) is 11.2. The highest BCUT2D eigenvalue weighted by Gasteiger charge is 2.13. The number of oxazole rings is 1. The molecule has 102 valence electrons. The molecule has 0 radical (unpaired) electrons. The van der Waals surface area contributed by atoms with Gasteiger partial charge in [-0.2, -0.15) is 0 Å². The summed E-state index contributed by atoms with van der Waals surface area (Å²) in [6.45, 7) is 2.43. The fourth-order valence-corrected chi connectivity index (χ4v) is 2.30. The minimum absolute atomic E-state index is 0.241. The Morgan fingerprint density at radius 3 is 2.60 bits per heavy atom. The van der Waals surface area contributed by atoms with Crippen molar-refractivity contribution in [1.29, 1.82) is 0 Å². The molecule has 3 aromatic rings. The summed E-state index contributed by atoms with van der Waals surface area (Å²) in [6.07, 6.45) is 0. The molecule has 4 nitrogen and oxygen atoms in total. The predicted molar refractivity (Wildman–Crippen MR) is 78.6 cm³/mol. The van der Waals surface area contributed by atoms with Crippen LogP contribution in [0.15, 0.2) is 57.7 Å². The van der Waals surface area contributed by atoms with Gasteiger partial charge in [0.25, 0.3) is 0 Å². The van der Waals surface area contributed by atoms with Crippen LogP contribution >= 0.6 is 0 Å². The molecule has 1 atom stereocenters. The molecule has 20 heavy (non-hydrogen) atoms. The standard InChI is InChI=1S/C16H16N2O2/c1-11-6-8-12(9-7-11)13(17)10-18-14-4-2-3-5-15(14)20-16(18)19/h2-9,13H,10,17H2,1H3. The number of fused-ring (bicyclic) bond motifs is 1. The number of hydrogen-bond acceptors (Lipinski definition) is 3. The minimum Gasteiger partial charge on any atom is -0.408 e. The van der Waals surface area contributed by atoms with Crippen molar-refractivity contribution in [2.45, 2.75) is 19.5 Å². The first-order valence-electron chi connectivity index (χ1n) is 6.55. The van der Waals surface area contributed by atoms with Gasteiger partial charge in [-0.25, -0.2) is 4.79 Å². The zero-order chi connectivity index (χ0) is 14.1. The maximum absolute atomic E-state index is 11.9. The number of rotatable bonds is 3. The van der Waals surface area contributed by atoms with Crippen molar-refractivity contribution in [3.8, 4) is 0 Å². The average Bonchev–Trinajstić information content (AvgIpc) is 2.76. The fraction of sp³-hybridized carbons (Fsp3) is 0.188. The lowest BCUT2D eigenvalue weighted by atomic mass is 10.1. The van der Waals surface area contributed by atoms with E-state index in [0.29, 0.717) is 12.1 Å². The van der Waals surface area contributed by atoms with Crippen molar-refractivity contribution < 1.29 is 4.42 Å². The van der Waals surface area contributed by atoms with Crippen LogP contribution in [0.5, 0.6) is 0 Å². The summed E-state index contributed by atoms with van der Waals surface area (Å²) in [5, 5.41) is 0. The largest absolute Gasteiger partial charge is 0.420 e. The average molecular weight is 268 g/mol. The molecule has 4 heteroatoms. The van der Waals surface area contributed by atoms with Crippen LogP contribution in [-0.4, -0.2) is 4.57 Å². The summed E-state index contributed by atoms with van der Waals surface area (Å²) in [4.78, 5) is 11.9.